The average molecular weight is 946 g/mol. The van der Waals surface area contributed by atoms with E-state index < -0.39 is 5.41 Å². The van der Waals surface area contributed by atoms with Gasteiger partial charge in [0.2, 0.25) is 0 Å². The first-order chi connectivity index (χ1) is 36.2. The van der Waals surface area contributed by atoms with Gasteiger partial charge in [-0.25, -0.2) is 0 Å². The molecule has 0 amide bonds. The summed E-state index contributed by atoms with van der Waals surface area (Å²) in [5, 5.41) is 5.06. The lowest BCUT2D eigenvalue weighted by Gasteiger charge is -2.34. The van der Waals surface area contributed by atoms with E-state index in [2.05, 4.69) is 290 Å². The molecule has 14 rings (SSSR count). The highest BCUT2D eigenvalue weighted by molar-refractivity contribution is 7.26. The smallest absolute Gasteiger partial charge is 0.0713 e. The first kappa shape index (κ1) is 42.8. The molecule has 0 bridgehead atoms. The maximum Gasteiger partial charge on any atom is 0.0713 e. The summed E-state index contributed by atoms with van der Waals surface area (Å²) in [6.07, 6.45) is 0. The Morgan fingerprint density at radius 2 is 0.863 bits per heavy atom. The molecule has 0 saturated heterocycles. The normalized spacial score (nSPS) is 12.5. The molecule has 0 radical (unpaired) electrons. The van der Waals surface area contributed by atoms with E-state index in [1.165, 1.54) is 97.7 Å². The van der Waals surface area contributed by atoms with E-state index in [0.29, 0.717) is 0 Å². The molecular formula is C71H47NS. The van der Waals surface area contributed by atoms with Crippen molar-refractivity contribution in [2.75, 3.05) is 4.90 Å². The average Bonchev–Trinajstić information content (AvgIpc) is 4.00. The molecule has 1 heterocycles. The maximum absolute atomic E-state index is 2.47. The molecule has 2 heteroatoms. The number of anilines is 3. The summed E-state index contributed by atoms with van der Waals surface area (Å²) in [6.45, 7) is 0. The predicted molar refractivity (Wildman–Crippen MR) is 311 cm³/mol. The zero-order valence-corrected chi connectivity index (χ0v) is 40.8. The van der Waals surface area contributed by atoms with Gasteiger partial charge in [-0.15, -0.1) is 11.3 Å². The molecule has 1 aromatic heterocycles. The zero-order chi connectivity index (χ0) is 48.3. The Morgan fingerprint density at radius 1 is 0.301 bits per heavy atom. The molecule has 0 saturated carbocycles. The van der Waals surface area contributed by atoms with Crippen molar-refractivity contribution < 1.29 is 0 Å². The predicted octanol–water partition coefficient (Wildman–Crippen LogP) is 19.7. The number of benzene rings is 12. The minimum Gasteiger partial charge on any atom is -0.310 e. The van der Waals surface area contributed by atoms with Crippen LogP contribution >= 0.6 is 11.3 Å². The molecule has 13 aromatic rings. The third-order valence-electron chi connectivity index (χ3n) is 15.2. The van der Waals surface area contributed by atoms with Gasteiger partial charge in [0.1, 0.15) is 0 Å². The molecule has 0 aliphatic heterocycles. The molecule has 1 nitrogen and oxygen atoms in total. The van der Waals surface area contributed by atoms with Gasteiger partial charge in [-0.1, -0.05) is 243 Å². The number of hydrogen-bond acceptors (Lipinski definition) is 2. The second kappa shape index (κ2) is 17.6. The largest absolute Gasteiger partial charge is 0.310 e. The van der Waals surface area contributed by atoms with Crippen molar-refractivity contribution in [1.29, 1.82) is 0 Å². The van der Waals surface area contributed by atoms with E-state index in [9.17, 15) is 0 Å². The Labute approximate surface area is 430 Å². The molecule has 0 spiro atoms. The Morgan fingerprint density at radius 3 is 1.64 bits per heavy atom. The zero-order valence-electron chi connectivity index (χ0n) is 40.0. The molecule has 0 atom stereocenters. The topological polar surface area (TPSA) is 3.24 Å². The molecule has 1 aliphatic carbocycles. The van der Waals surface area contributed by atoms with Gasteiger partial charge in [-0.05, 0) is 126 Å². The number of fused-ring (bicyclic) bond motifs is 7. The van der Waals surface area contributed by atoms with Crippen molar-refractivity contribution in [3.63, 3.8) is 0 Å². The van der Waals surface area contributed by atoms with Crippen LogP contribution in [0.4, 0.5) is 17.1 Å². The van der Waals surface area contributed by atoms with Gasteiger partial charge in [0, 0.05) is 37.1 Å². The van der Waals surface area contributed by atoms with Crippen LogP contribution in [-0.2, 0) is 5.41 Å². The minimum atomic E-state index is -0.474. The molecule has 342 valence electrons. The second-order valence-corrected chi connectivity index (χ2v) is 20.1. The van der Waals surface area contributed by atoms with Gasteiger partial charge in [0.25, 0.3) is 0 Å². The Balaban J connectivity index is 0.947. The van der Waals surface area contributed by atoms with Gasteiger partial charge >= 0.3 is 0 Å². The van der Waals surface area contributed by atoms with E-state index in [1.54, 1.807) is 0 Å². The highest BCUT2D eigenvalue weighted by Gasteiger charge is 2.46. The monoisotopic (exact) mass is 945 g/mol. The van der Waals surface area contributed by atoms with Crippen molar-refractivity contribution in [2.45, 2.75) is 5.41 Å². The Kier molecular flexibility index (Phi) is 10.3. The lowest BCUT2D eigenvalue weighted by atomic mass is 9.67. The van der Waals surface area contributed by atoms with Crippen LogP contribution in [0.5, 0.6) is 0 Å². The van der Waals surface area contributed by atoms with Gasteiger partial charge in [-0.3, -0.25) is 0 Å². The maximum atomic E-state index is 2.47. The van der Waals surface area contributed by atoms with Crippen LogP contribution < -0.4 is 4.90 Å². The van der Waals surface area contributed by atoms with E-state index in [-0.39, 0.29) is 0 Å². The fraction of sp³-hybridized carbons (Fsp3) is 0.0141. The highest BCUT2D eigenvalue weighted by atomic mass is 32.1. The SMILES string of the molecule is c1ccc(-c2cccc3cccc(-c4ccccc4N(c4ccc(-c5ccc6c(c5)C(c5ccccc5)(c5ccccc5)c5ccccc5-6)cc4)c4cccc(-c5cccc6c5sc5ccccc56)c4)c23)cc1. The number of para-hydroxylation sites is 1. The number of rotatable bonds is 9. The van der Waals surface area contributed by atoms with Gasteiger partial charge < -0.3 is 4.90 Å². The van der Waals surface area contributed by atoms with Crippen LogP contribution in [0.3, 0.4) is 0 Å². The molecule has 1 aliphatic rings. The van der Waals surface area contributed by atoms with Crippen LogP contribution in [0.1, 0.15) is 22.3 Å². The van der Waals surface area contributed by atoms with E-state index in [4.69, 9.17) is 0 Å². The van der Waals surface area contributed by atoms with Crippen molar-refractivity contribution >= 4 is 59.3 Å². The summed E-state index contributed by atoms with van der Waals surface area (Å²) in [4.78, 5) is 2.47. The molecule has 0 fully saturated rings. The molecule has 12 aromatic carbocycles. The standard InChI is InChI=1S/C71H47NS/c1-4-20-49(21-5-1)57-33-17-22-50-23-18-35-63(69(50)57)61-31-11-14-38-67(61)72(56-29-16-24-52(46-56)58-34-19-36-64-62-32-12-15-39-68(62)73-70(58)64)55-43-40-48(41-44-55)51-42-45-60-59-30-10-13-37-65(59)71(66(60)47-51,53-25-6-2-7-26-53)54-27-8-3-9-28-54/h1-47H. The summed E-state index contributed by atoms with van der Waals surface area (Å²) in [5.74, 6) is 0. The fourth-order valence-electron chi connectivity index (χ4n) is 12.0. The summed E-state index contributed by atoms with van der Waals surface area (Å²) < 4.78 is 2.61. The van der Waals surface area contributed by atoms with Crippen LogP contribution in [0, 0.1) is 0 Å². The second-order valence-electron chi connectivity index (χ2n) is 19.1. The van der Waals surface area contributed by atoms with Crippen molar-refractivity contribution in [1.82, 2.24) is 0 Å². The third-order valence-corrected chi connectivity index (χ3v) is 16.4. The Hall–Kier alpha value is -9.08. The highest BCUT2D eigenvalue weighted by Crippen LogP contribution is 2.57. The first-order valence-electron chi connectivity index (χ1n) is 25.2. The first-order valence-corrected chi connectivity index (χ1v) is 26.0. The van der Waals surface area contributed by atoms with Crippen LogP contribution in [0.25, 0.3) is 86.6 Å². The van der Waals surface area contributed by atoms with E-state index >= 15 is 0 Å². The van der Waals surface area contributed by atoms with Crippen LogP contribution in [0.15, 0.2) is 285 Å². The Bertz CT molecular complexity index is 4150. The van der Waals surface area contributed by atoms with Gasteiger partial charge in [0.05, 0.1) is 11.1 Å². The van der Waals surface area contributed by atoms with Gasteiger partial charge in [-0.2, -0.15) is 0 Å². The van der Waals surface area contributed by atoms with Crippen LogP contribution in [-0.4, -0.2) is 0 Å². The number of hydrogen-bond donors (Lipinski definition) is 0. The van der Waals surface area contributed by atoms with Crippen molar-refractivity contribution in [2.24, 2.45) is 0 Å². The quantitative estimate of drug-likeness (QED) is 0.139. The minimum absolute atomic E-state index is 0.474. The summed E-state index contributed by atoms with van der Waals surface area (Å²) in [6, 6.07) is 105. The summed E-state index contributed by atoms with van der Waals surface area (Å²) in [7, 11) is 0. The molecule has 73 heavy (non-hydrogen) atoms. The number of thiophene rings is 1. The van der Waals surface area contributed by atoms with E-state index in [1.807, 2.05) is 11.3 Å². The van der Waals surface area contributed by atoms with E-state index in [0.717, 1.165) is 28.2 Å². The van der Waals surface area contributed by atoms with Crippen LogP contribution in [0.2, 0.25) is 0 Å². The summed E-state index contributed by atoms with van der Waals surface area (Å²) >= 11 is 1.88. The van der Waals surface area contributed by atoms with Crippen molar-refractivity contribution in [3.8, 4) is 55.6 Å². The molecule has 0 unspecified atom stereocenters. The lowest BCUT2D eigenvalue weighted by molar-refractivity contribution is 0.769. The molecule has 0 N–H and O–H groups in total. The summed E-state index contributed by atoms with van der Waals surface area (Å²) in [5.41, 5.74) is 20.1. The van der Waals surface area contributed by atoms with Crippen molar-refractivity contribution in [3.05, 3.63) is 307 Å². The fourth-order valence-corrected chi connectivity index (χ4v) is 13.2. The third kappa shape index (κ3) is 6.98. The number of nitrogens with zero attached hydrogens (tertiary/aromatic N) is 1. The lowest BCUT2D eigenvalue weighted by Crippen LogP contribution is -2.28. The molecular weight excluding hydrogens is 899 g/mol. The van der Waals surface area contributed by atoms with Gasteiger partial charge in [0.15, 0.2) is 0 Å².